The second-order valence-electron chi connectivity index (χ2n) is 14.3. The first-order valence-electron chi connectivity index (χ1n) is 18.1. The minimum Gasteiger partial charge on any atom is -0.456 e. The normalized spacial score (nSPS) is 16.8. The van der Waals surface area contributed by atoms with E-state index in [1.807, 2.05) is 6.07 Å². The van der Waals surface area contributed by atoms with Crippen LogP contribution < -0.4 is 9.80 Å². The summed E-state index contributed by atoms with van der Waals surface area (Å²) in [4.78, 5) is 4.93. The van der Waals surface area contributed by atoms with Crippen molar-refractivity contribution in [3.63, 3.8) is 0 Å². The van der Waals surface area contributed by atoms with E-state index in [9.17, 15) is 0 Å². The van der Waals surface area contributed by atoms with Gasteiger partial charge in [0, 0.05) is 56.1 Å². The molecule has 8 aromatic carbocycles. The van der Waals surface area contributed by atoms with Crippen LogP contribution in [0.15, 0.2) is 192 Å². The van der Waals surface area contributed by atoms with Crippen LogP contribution in [0.2, 0.25) is 0 Å². The molecule has 1 unspecified atom stereocenters. The number of para-hydroxylation sites is 3. The Bertz CT molecular complexity index is 2970. The molecule has 52 heavy (non-hydrogen) atoms. The molecule has 0 fully saturated rings. The van der Waals surface area contributed by atoms with Crippen LogP contribution in [0.4, 0.5) is 22.7 Å². The third-order valence-electron chi connectivity index (χ3n) is 11.4. The Labute approximate surface area is 301 Å². The number of allylic oxidation sites excluding steroid dienone is 3. The maximum atomic E-state index is 6.51. The van der Waals surface area contributed by atoms with E-state index in [4.69, 9.17) is 4.42 Å². The summed E-state index contributed by atoms with van der Waals surface area (Å²) in [6, 6.07) is 59.3. The molecule has 0 saturated carbocycles. The van der Waals surface area contributed by atoms with Crippen LogP contribution in [0.1, 0.15) is 18.9 Å². The van der Waals surface area contributed by atoms with Gasteiger partial charge in [0.05, 0.1) is 5.69 Å². The van der Waals surface area contributed by atoms with Crippen molar-refractivity contribution in [3.05, 3.63) is 193 Å². The van der Waals surface area contributed by atoms with Gasteiger partial charge >= 0.3 is 0 Å². The standard InChI is InChI=1S/C49H34N2O/c1-49-28-27-35(30-48(49)51(33-14-3-2-4-15-33)44-21-11-10-20-43(44)49)50(34-24-26-41-40-19-9-12-22-46(40)52-47(41)29-34)45-31-42-36-16-6-5-13-32(36)23-25-38(42)37-17-7-8-18-39(37)45/h2-27,29-31H,28H2,1H3. The predicted molar refractivity (Wildman–Crippen MR) is 218 cm³/mol. The molecule has 0 spiro atoms. The van der Waals surface area contributed by atoms with E-state index in [2.05, 4.69) is 187 Å². The second kappa shape index (κ2) is 11.0. The van der Waals surface area contributed by atoms with Crippen LogP contribution in [-0.4, -0.2) is 0 Å². The summed E-state index contributed by atoms with van der Waals surface area (Å²) < 4.78 is 6.51. The number of hydrogen-bond donors (Lipinski definition) is 0. The number of benzene rings is 8. The fourth-order valence-corrected chi connectivity index (χ4v) is 8.91. The fraction of sp³-hybridized carbons (Fsp3) is 0.0612. The Morgan fingerprint density at radius 3 is 2.12 bits per heavy atom. The second-order valence-corrected chi connectivity index (χ2v) is 14.3. The number of hydrogen-bond acceptors (Lipinski definition) is 3. The molecule has 3 heteroatoms. The van der Waals surface area contributed by atoms with Crippen molar-refractivity contribution in [2.24, 2.45) is 0 Å². The zero-order valence-electron chi connectivity index (χ0n) is 28.8. The minimum atomic E-state index is -0.175. The van der Waals surface area contributed by atoms with E-state index >= 15 is 0 Å². The third-order valence-corrected chi connectivity index (χ3v) is 11.4. The highest BCUT2D eigenvalue weighted by Gasteiger charge is 2.45. The molecule has 0 saturated heterocycles. The molecule has 2 heterocycles. The van der Waals surface area contributed by atoms with E-state index in [0.29, 0.717) is 0 Å². The van der Waals surface area contributed by atoms with Crippen LogP contribution in [0.5, 0.6) is 0 Å². The largest absolute Gasteiger partial charge is 0.456 e. The lowest BCUT2D eigenvalue weighted by atomic mass is 9.76. The van der Waals surface area contributed by atoms with Crippen molar-refractivity contribution in [1.82, 2.24) is 0 Å². The van der Waals surface area contributed by atoms with Gasteiger partial charge in [0.1, 0.15) is 11.2 Å². The molecule has 3 nitrogen and oxygen atoms in total. The molecule has 9 aromatic rings. The van der Waals surface area contributed by atoms with Crippen molar-refractivity contribution < 1.29 is 4.42 Å². The molecule has 11 rings (SSSR count). The Morgan fingerprint density at radius 2 is 1.23 bits per heavy atom. The zero-order valence-corrected chi connectivity index (χ0v) is 28.8. The molecule has 0 radical (unpaired) electrons. The quantitative estimate of drug-likeness (QED) is 0.174. The van der Waals surface area contributed by atoms with Crippen LogP contribution in [-0.2, 0) is 5.41 Å². The molecule has 0 N–H and O–H groups in total. The van der Waals surface area contributed by atoms with Crippen LogP contribution in [0.3, 0.4) is 0 Å². The van der Waals surface area contributed by atoms with E-state index in [1.165, 1.54) is 55.0 Å². The first-order valence-corrected chi connectivity index (χ1v) is 18.1. The number of fused-ring (bicyclic) bond motifs is 11. The highest BCUT2D eigenvalue weighted by atomic mass is 16.3. The summed E-state index contributed by atoms with van der Waals surface area (Å²) in [5.74, 6) is 0. The smallest absolute Gasteiger partial charge is 0.137 e. The van der Waals surface area contributed by atoms with Crippen LogP contribution in [0.25, 0.3) is 54.3 Å². The first-order chi connectivity index (χ1) is 25.7. The summed E-state index contributed by atoms with van der Waals surface area (Å²) in [6.45, 7) is 2.40. The van der Waals surface area contributed by atoms with Crippen molar-refractivity contribution in [3.8, 4) is 0 Å². The van der Waals surface area contributed by atoms with Crippen molar-refractivity contribution in [2.45, 2.75) is 18.8 Å². The zero-order chi connectivity index (χ0) is 34.4. The molecule has 0 amide bonds. The Hall–Kier alpha value is -6.58. The van der Waals surface area contributed by atoms with Gasteiger partial charge in [-0.1, -0.05) is 121 Å². The van der Waals surface area contributed by atoms with Gasteiger partial charge in [0.2, 0.25) is 0 Å². The lowest BCUT2D eigenvalue weighted by Crippen LogP contribution is -2.30. The van der Waals surface area contributed by atoms with Gasteiger partial charge in [-0.3, -0.25) is 0 Å². The van der Waals surface area contributed by atoms with Gasteiger partial charge in [0.15, 0.2) is 0 Å². The third kappa shape index (κ3) is 4.14. The average Bonchev–Trinajstić information content (AvgIpc) is 3.70. The first kappa shape index (κ1) is 29.2. The van der Waals surface area contributed by atoms with Crippen LogP contribution >= 0.6 is 0 Å². The monoisotopic (exact) mass is 666 g/mol. The summed E-state index contributed by atoms with van der Waals surface area (Å²) >= 11 is 0. The van der Waals surface area contributed by atoms with E-state index < -0.39 is 0 Å². The van der Waals surface area contributed by atoms with E-state index in [-0.39, 0.29) is 5.41 Å². The number of anilines is 4. The van der Waals surface area contributed by atoms with Gasteiger partial charge in [-0.15, -0.1) is 0 Å². The highest BCUT2D eigenvalue weighted by molar-refractivity contribution is 6.21. The topological polar surface area (TPSA) is 19.6 Å². The minimum absolute atomic E-state index is 0.175. The maximum absolute atomic E-state index is 6.51. The molecule has 1 aliphatic carbocycles. The Morgan fingerprint density at radius 1 is 0.558 bits per heavy atom. The van der Waals surface area contributed by atoms with Gasteiger partial charge in [0.25, 0.3) is 0 Å². The Kier molecular flexibility index (Phi) is 6.15. The molecule has 0 bridgehead atoms. The molecule has 2 aliphatic rings. The van der Waals surface area contributed by atoms with Gasteiger partial charge in [-0.05, 0) is 94.4 Å². The highest BCUT2D eigenvalue weighted by Crippen LogP contribution is 2.56. The predicted octanol–water partition coefficient (Wildman–Crippen LogP) is 13.5. The summed E-state index contributed by atoms with van der Waals surface area (Å²) in [7, 11) is 0. The van der Waals surface area contributed by atoms with E-state index in [0.717, 1.165) is 45.4 Å². The van der Waals surface area contributed by atoms with Gasteiger partial charge < -0.3 is 14.2 Å². The molecule has 1 aliphatic heterocycles. The molecule has 1 atom stereocenters. The Balaban J connectivity index is 1.20. The van der Waals surface area contributed by atoms with Gasteiger partial charge in [-0.25, -0.2) is 0 Å². The van der Waals surface area contributed by atoms with Crippen molar-refractivity contribution in [1.29, 1.82) is 0 Å². The summed E-state index contributed by atoms with van der Waals surface area (Å²) in [6.07, 6.45) is 5.74. The van der Waals surface area contributed by atoms with Crippen molar-refractivity contribution >= 4 is 77.0 Å². The lowest BCUT2D eigenvalue weighted by molar-refractivity contribution is 0.572. The average molecular weight is 667 g/mol. The van der Waals surface area contributed by atoms with Gasteiger partial charge in [-0.2, -0.15) is 0 Å². The lowest BCUT2D eigenvalue weighted by Gasteiger charge is -2.36. The van der Waals surface area contributed by atoms with Crippen molar-refractivity contribution in [2.75, 3.05) is 9.80 Å². The van der Waals surface area contributed by atoms with Crippen LogP contribution in [0, 0.1) is 0 Å². The molecular formula is C49H34N2O. The maximum Gasteiger partial charge on any atom is 0.137 e. The summed E-state index contributed by atoms with van der Waals surface area (Å²) in [5, 5.41) is 9.70. The molecule has 1 aromatic heterocycles. The summed E-state index contributed by atoms with van der Waals surface area (Å²) in [5.41, 5.74) is 10.0. The number of furan rings is 1. The number of rotatable bonds is 4. The molecular weight excluding hydrogens is 633 g/mol. The fourth-order valence-electron chi connectivity index (χ4n) is 8.91. The van der Waals surface area contributed by atoms with E-state index in [1.54, 1.807) is 0 Å². The molecule has 246 valence electrons. The number of nitrogens with zero attached hydrogens (tertiary/aromatic N) is 2. The SMILES string of the molecule is CC12CC=C(N(c3ccc4c(c3)oc3ccccc34)c3cc4c5ccccc5ccc4c4ccccc34)C=C1N(c1ccccc1)c1ccccc12.